The molecule has 1 heterocycles. The van der Waals surface area contributed by atoms with E-state index in [0.717, 1.165) is 0 Å². The minimum atomic E-state index is -0.957. The number of methoxy groups -OCH3 is 2. The summed E-state index contributed by atoms with van der Waals surface area (Å²) in [5.74, 6) is -2.86. The summed E-state index contributed by atoms with van der Waals surface area (Å²) in [5.41, 5.74) is 0.755. The van der Waals surface area contributed by atoms with E-state index in [1.54, 1.807) is 6.07 Å². The van der Waals surface area contributed by atoms with Crippen molar-refractivity contribution in [1.29, 1.82) is 0 Å². The third kappa shape index (κ3) is 4.04. The highest BCUT2D eigenvalue weighted by Crippen LogP contribution is 2.39. The Balaban J connectivity index is 2.19. The Morgan fingerprint density at radius 1 is 1.00 bits per heavy atom. The van der Waals surface area contributed by atoms with Crippen molar-refractivity contribution in [2.24, 2.45) is 0 Å². The summed E-state index contributed by atoms with van der Waals surface area (Å²) in [6.45, 7) is 0. The van der Waals surface area contributed by atoms with Crippen molar-refractivity contribution < 1.29 is 28.4 Å². The Hall–Kier alpha value is -4.01. The maximum atomic E-state index is 13.3. The minimum absolute atomic E-state index is 0.0604. The molecule has 0 saturated heterocycles. The molecule has 30 heavy (non-hydrogen) atoms. The first-order valence-corrected chi connectivity index (χ1v) is 8.74. The lowest BCUT2D eigenvalue weighted by atomic mass is 9.83. The first-order chi connectivity index (χ1) is 14.3. The van der Waals surface area contributed by atoms with Crippen molar-refractivity contribution in [3.8, 4) is 0 Å². The Morgan fingerprint density at radius 3 is 2.07 bits per heavy atom. The van der Waals surface area contributed by atoms with Gasteiger partial charge in [0.2, 0.25) is 0 Å². The van der Waals surface area contributed by atoms with Crippen molar-refractivity contribution in [3.63, 3.8) is 0 Å². The van der Waals surface area contributed by atoms with Gasteiger partial charge in [0, 0.05) is 30.2 Å². The Morgan fingerprint density at radius 2 is 1.57 bits per heavy atom. The molecule has 0 unspecified atom stereocenters. The van der Waals surface area contributed by atoms with Gasteiger partial charge in [0.1, 0.15) is 5.82 Å². The second kappa shape index (κ2) is 8.56. The van der Waals surface area contributed by atoms with Crippen molar-refractivity contribution in [1.82, 2.24) is 0 Å². The first kappa shape index (κ1) is 20.7. The van der Waals surface area contributed by atoms with Crippen molar-refractivity contribution in [3.05, 3.63) is 93.6 Å². The van der Waals surface area contributed by atoms with Crippen molar-refractivity contribution >= 4 is 23.3 Å². The van der Waals surface area contributed by atoms with E-state index in [-0.39, 0.29) is 16.8 Å². The molecule has 2 aromatic carbocycles. The van der Waals surface area contributed by atoms with Gasteiger partial charge in [-0.1, -0.05) is 12.1 Å². The summed E-state index contributed by atoms with van der Waals surface area (Å²) >= 11 is 0. The van der Waals surface area contributed by atoms with Gasteiger partial charge in [0.05, 0.1) is 36.2 Å². The molecular weight excluding hydrogens is 395 g/mol. The van der Waals surface area contributed by atoms with E-state index in [9.17, 15) is 24.1 Å². The van der Waals surface area contributed by atoms with Crippen molar-refractivity contribution in [2.75, 3.05) is 19.1 Å². The molecule has 2 aromatic rings. The van der Waals surface area contributed by atoms with Crippen LogP contribution in [0.5, 0.6) is 0 Å². The van der Waals surface area contributed by atoms with E-state index >= 15 is 0 Å². The third-order valence-corrected chi connectivity index (χ3v) is 4.56. The number of nitro groups is 1. The SMILES string of the molecule is COC(=O)C1=CN(c2ccc(F)cc2)C=C(C(=O)OC)C1c1cccc([N+](=O)[O-])c1. The van der Waals surface area contributed by atoms with Gasteiger partial charge in [-0.3, -0.25) is 10.1 Å². The molecule has 9 heteroatoms. The fourth-order valence-corrected chi connectivity index (χ4v) is 3.17. The van der Waals surface area contributed by atoms with Crippen LogP contribution in [0, 0.1) is 15.9 Å². The average Bonchev–Trinajstić information content (AvgIpc) is 2.77. The maximum absolute atomic E-state index is 13.3. The number of hydrogen-bond donors (Lipinski definition) is 0. The standard InChI is InChI=1S/C21H17FN2O6/c1-29-20(25)17-11-23(15-8-6-14(22)7-9-15)12-18(21(26)30-2)19(17)13-4-3-5-16(10-13)24(27)28/h3-12,19H,1-2H3. The van der Waals surface area contributed by atoms with Crippen LogP contribution in [0.25, 0.3) is 0 Å². The number of halogens is 1. The van der Waals surface area contributed by atoms with Crippen molar-refractivity contribution in [2.45, 2.75) is 5.92 Å². The summed E-state index contributed by atoms with van der Waals surface area (Å²) in [7, 11) is 2.37. The van der Waals surface area contributed by atoms with Crippen LogP contribution < -0.4 is 4.90 Å². The fourth-order valence-electron chi connectivity index (χ4n) is 3.17. The number of nitrogens with zero attached hydrogens (tertiary/aromatic N) is 2. The molecule has 0 N–H and O–H groups in total. The zero-order valence-corrected chi connectivity index (χ0v) is 16.1. The zero-order valence-electron chi connectivity index (χ0n) is 16.1. The highest BCUT2D eigenvalue weighted by Gasteiger charge is 2.36. The molecule has 8 nitrogen and oxygen atoms in total. The molecule has 0 aliphatic carbocycles. The van der Waals surface area contributed by atoms with Crippen LogP contribution in [0.15, 0.2) is 72.1 Å². The normalized spacial score (nSPS) is 13.9. The molecule has 0 radical (unpaired) electrons. The number of non-ortho nitro benzene ring substituents is 1. The Bertz CT molecular complexity index is 1030. The summed E-state index contributed by atoms with van der Waals surface area (Å²) in [5, 5.41) is 11.2. The van der Waals surface area contributed by atoms with E-state index < -0.39 is 28.6 Å². The second-order valence-corrected chi connectivity index (χ2v) is 6.32. The van der Waals surface area contributed by atoms with E-state index in [1.165, 1.54) is 74.0 Å². The molecule has 0 aromatic heterocycles. The van der Waals surface area contributed by atoms with Crippen LogP contribution in [0.2, 0.25) is 0 Å². The smallest absolute Gasteiger partial charge is 0.336 e. The van der Waals surface area contributed by atoms with Gasteiger partial charge in [-0.25, -0.2) is 14.0 Å². The van der Waals surface area contributed by atoms with Gasteiger partial charge in [-0.2, -0.15) is 0 Å². The molecule has 154 valence electrons. The lowest BCUT2D eigenvalue weighted by Crippen LogP contribution is -2.28. The van der Waals surface area contributed by atoms with Crippen LogP contribution in [-0.4, -0.2) is 31.1 Å². The number of anilines is 1. The van der Waals surface area contributed by atoms with Gasteiger partial charge < -0.3 is 14.4 Å². The molecule has 0 atom stereocenters. The number of rotatable bonds is 5. The molecule has 3 rings (SSSR count). The molecule has 0 saturated carbocycles. The van der Waals surface area contributed by atoms with Gasteiger partial charge >= 0.3 is 11.9 Å². The third-order valence-electron chi connectivity index (χ3n) is 4.56. The molecule has 0 amide bonds. The van der Waals surface area contributed by atoms with E-state index in [2.05, 4.69) is 0 Å². The average molecular weight is 412 g/mol. The Labute approximate surface area is 171 Å². The monoisotopic (exact) mass is 412 g/mol. The van der Waals surface area contributed by atoms with Crippen LogP contribution in [0.3, 0.4) is 0 Å². The lowest BCUT2D eigenvalue weighted by molar-refractivity contribution is -0.384. The molecule has 1 aliphatic rings. The van der Waals surface area contributed by atoms with Crippen LogP contribution in [0.4, 0.5) is 15.8 Å². The predicted molar refractivity (Wildman–Crippen MR) is 105 cm³/mol. The quantitative estimate of drug-likeness (QED) is 0.421. The molecule has 0 bridgehead atoms. The molecular formula is C21H17FN2O6. The number of carbonyl (C=O) groups is 2. The summed E-state index contributed by atoms with van der Waals surface area (Å²) in [4.78, 5) is 37.2. The van der Waals surface area contributed by atoms with E-state index in [1.807, 2.05) is 0 Å². The number of carbonyl (C=O) groups excluding carboxylic acids is 2. The maximum Gasteiger partial charge on any atom is 0.336 e. The number of esters is 2. The van der Waals surface area contributed by atoms with Gasteiger partial charge in [-0.05, 0) is 29.8 Å². The topological polar surface area (TPSA) is 99.0 Å². The van der Waals surface area contributed by atoms with Gasteiger partial charge in [0.25, 0.3) is 5.69 Å². The fraction of sp³-hybridized carbons (Fsp3) is 0.143. The van der Waals surface area contributed by atoms with Crippen LogP contribution in [0.1, 0.15) is 11.5 Å². The highest BCUT2D eigenvalue weighted by molar-refractivity contribution is 6.00. The lowest BCUT2D eigenvalue weighted by Gasteiger charge is -2.30. The number of hydrogen-bond acceptors (Lipinski definition) is 7. The second-order valence-electron chi connectivity index (χ2n) is 6.32. The molecule has 0 spiro atoms. The van der Waals surface area contributed by atoms with Crippen LogP contribution >= 0.6 is 0 Å². The molecule has 0 fully saturated rings. The highest BCUT2D eigenvalue weighted by atomic mass is 19.1. The van der Waals surface area contributed by atoms with E-state index in [0.29, 0.717) is 11.3 Å². The largest absolute Gasteiger partial charge is 0.466 e. The van der Waals surface area contributed by atoms with E-state index in [4.69, 9.17) is 9.47 Å². The summed E-state index contributed by atoms with van der Waals surface area (Å²) in [6, 6.07) is 11.0. The molecule has 1 aliphatic heterocycles. The Kier molecular flexibility index (Phi) is 5.91. The summed E-state index contributed by atoms with van der Waals surface area (Å²) in [6.07, 6.45) is 2.88. The minimum Gasteiger partial charge on any atom is -0.466 e. The summed E-state index contributed by atoms with van der Waals surface area (Å²) < 4.78 is 23.1. The number of ether oxygens (including phenoxy) is 2. The van der Waals surface area contributed by atoms with Gasteiger partial charge in [-0.15, -0.1) is 0 Å². The zero-order chi connectivity index (χ0) is 21.8. The number of benzene rings is 2. The predicted octanol–water partition coefficient (Wildman–Crippen LogP) is 3.45. The number of nitro benzene ring substituents is 1. The van der Waals surface area contributed by atoms with Gasteiger partial charge in [0.15, 0.2) is 0 Å². The first-order valence-electron chi connectivity index (χ1n) is 8.74. The van der Waals surface area contributed by atoms with Crippen LogP contribution in [-0.2, 0) is 19.1 Å².